The van der Waals surface area contributed by atoms with Crippen LogP contribution in [0.1, 0.15) is 76.3 Å². The van der Waals surface area contributed by atoms with Gasteiger partial charge >= 0.3 is 0 Å². The highest BCUT2D eigenvalue weighted by molar-refractivity contribution is 5.22. The molecule has 0 radical (unpaired) electrons. The van der Waals surface area contributed by atoms with Gasteiger partial charge in [-0.1, -0.05) is 70.2 Å². The molecule has 0 aliphatic carbocycles. The smallest absolute Gasteiger partial charge is 0.0825 e. The molecule has 1 nitrogen and oxygen atoms in total. The number of hydrogen-bond donors (Lipinski definition) is 0. The van der Waals surface area contributed by atoms with E-state index in [9.17, 15) is 0 Å². The third-order valence-corrected chi connectivity index (χ3v) is 6.11. The Morgan fingerprint density at radius 2 is 1.38 bits per heavy atom. The largest absolute Gasteiger partial charge is 0.326 e. The summed E-state index contributed by atoms with van der Waals surface area (Å²) in [5, 5.41) is 0. The van der Waals surface area contributed by atoms with E-state index in [-0.39, 0.29) is 0 Å². The first-order chi connectivity index (χ1) is 11.6. The van der Waals surface area contributed by atoms with Gasteiger partial charge in [0.2, 0.25) is 0 Å². The topological polar surface area (TPSA) is 0 Å². The van der Waals surface area contributed by atoms with Crippen LogP contribution < -0.4 is 0 Å². The van der Waals surface area contributed by atoms with Crippen LogP contribution in [-0.4, -0.2) is 31.2 Å². The van der Waals surface area contributed by atoms with E-state index in [2.05, 4.69) is 45.2 Å². The predicted octanol–water partition coefficient (Wildman–Crippen LogP) is 6.01. The number of hydrogen-bond acceptors (Lipinski definition) is 0. The van der Waals surface area contributed by atoms with Crippen LogP contribution in [0.5, 0.6) is 0 Å². The Hall–Kier alpha value is -0.820. The average Bonchev–Trinajstić information content (AvgIpc) is 2.60. The molecule has 1 fully saturated rings. The monoisotopic (exact) mass is 330 g/mol. The Labute approximate surface area is 151 Å². The fourth-order valence-corrected chi connectivity index (χ4v) is 3.92. The number of likely N-dealkylation sites (N-methyl/N-ethyl adjacent to an activating group) is 1. The zero-order valence-corrected chi connectivity index (χ0v) is 16.5. The Morgan fingerprint density at radius 1 is 0.833 bits per heavy atom. The van der Waals surface area contributed by atoms with Gasteiger partial charge in [0.05, 0.1) is 26.7 Å². The summed E-state index contributed by atoms with van der Waals surface area (Å²) in [6, 6.07) is 9.51. The van der Waals surface area contributed by atoms with Crippen LogP contribution in [-0.2, 0) is 12.8 Å². The molecule has 0 saturated carbocycles. The molecular weight excluding hydrogens is 290 g/mol. The van der Waals surface area contributed by atoms with Gasteiger partial charge in [0, 0.05) is 6.42 Å². The molecule has 1 aromatic carbocycles. The lowest BCUT2D eigenvalue weighted by Crippen LogP contribution is -2.50. The molecule has 24 heavy (non-hydrogen) atoms. The van der Waals surface area contributed by atoms with Crippen LogP contribution in [0.2, 0.25) is 0 Å². The first kappa shape index (κ1) is 19.5. The van der Waals surface area contributed by atoms with Gasteiger partial charge in [0.25, 0.3) is 0 Å². The zero-order chi connectivity index (χ0) is 17.3. The molecule has 1 heteroatoms. The quantitative estimate of drug-likeness (QED) is 0.364. The number of piperidine rings is 1. The number of aryl methyl sites for hydroxylation is 1. The summed E-state index contributed by atoms with van der Waals surface area (Å²) in [6.45, 7) is 8.75. The second kappa shape index (κ2) is 10.2. The maximum absolute atomic E-state index is 2.46. The van der Waals surface area contributed by atoms with Crippen molar-refractivity contribution in [2.75, 3.05) is 26.7 Å². The maximum Gasteiger partial charge on any atom is 0.0825 e. The van der Waals surface area contributed by atoms with Gasteiger partial charge in [-0.15, -0.1) is 0 Å². The number of nitrogens with zero attached hydrogens (tertiary/aromatic N) is 1. The first-order valence-electron chi connectivity index (χ1n) is 10.5. The molecule has 0 unspecified atom stereocenters. The van der Waals surface area contributed by atoms with Crippen molar-refractivity contribution < 1.29 is 4.48 Å². The summed E-state index contributed by atoms with van der Waals surface area (Å²) in [5.74, 6) is 0.942. The molecule has 0 spiro atoms. The van der Waals surface area contributed by atoms with Crippen LogP contribution in [0.4, 0.5) is 0 Å². The third kappa shape index (κ3) is 6.97. The highest BCUT2D eigenvalue weighted by Crippen LogP contribution is 2.22. The van der Waals surface area contributed by atoms with E-state index < -0.39 is 0 Å². The van der Waals surface area contributed by atoms with E-state index in [0.717, 1.165) is 5.92 Å². The van der Waals surface area contributed by atoms with Crippen molar-refractivity contribution in [2.45, 2.75) is 78.1 Å². The van der Waals surface area contributed by atoms with Gasteiger partial charge in [-0.25, -0.2) is 0 Å². The van der Waals surface area contributed by atoms with Crippen LogP contribution in [0, 0.1) is 5.92 Å². The molecule has 1 saturated heterocycles. The second-order valence-corrected chi connectivity index (χ2v) is 8.56. The molecule has 1 aliphatic heterocycles. The molecule has 1 aliphatic rings. The van der Waals surface area contributed by atoms with Gasteiger partial charge in [0.15, 0.2) is 0 Å². The lowest BCUT2D eigenvalue weighted by atomic mass is 9.96. The number of benzene rings is 1. The van der Waals surface area contributed by atoms with E-state index in [1.165, 1.54) is 99.5 Å². The Morgan fingerprint density at radius 3 is 2.00 bits per heavy atom. The summed E-state index contributed by atoms with van der Waals surface area (Å²) in [6.07, 6.45) is 13.7. The van der Waals surface area contributed by atoms with E-state index in [0.29, 0.717) is 0 Å². The average molecular weight is 331 g/mol. The Balaban J connectivity index is 1.66. The zero-order valence-electron chi connectivity index (χ0n) is 16.5. The molecule has 2 rings (SSSR count). The minimum Gasteiger partial charge on any atom is -0.326 e. The third-order valence-electron chi connectivity index (χ3n) is 6.11. The Bertz CT molecular complexity index is 440. The standard InChI is InChI=1S/C23H40N/c1-4-5-6-7-8-9-10-22-11-13-23(14-12-22)17-20-24(3)18-15-21(2)16-19-24/h11-14,21H,4-10,15-20H2,1-3H3/q+1. The summed E-state index contributed by atoms with van der Waals surface area (Å²) in [4.78, 5) is 0. The lowest BCUT2D eigenvalue weighted by Gasteiger charge is -2.40. The van der Waals surface area contributed by atoms with Gasteiger partial charge in [-0.2, -0.15) is 0 Å². The molecular formula is C23H40N+. The maximum atomic E-state index is 2.46. The lowest BCUT2D eigenvalue weighted by molar-refractivity contribution is -0.915. The van der Waals surface area contributed by atoms with Crippen LogP contribution in [0.3, 0.4) is 0 Å². The van der Waals surface area contributed by atoms with Crippen molar-refractivity contribution >= 4 is 0 Å². The van der Waals surface area contributed by atoms with Crippen molar-refractivity contribution in [2.24, 2.45) is 5.92 Å². The number of quaternary nitrogens is 1. The summed E-state index contributed by atoms with van der Waals surface area (Å²) < 4.78 is 1.28. The van der Waals surface area contributed by atoms with Gasteiger partial charge in [-0.3, -0.25) is 0 Å². The molecule has 0 N–H and O–H groups in total. The molecule has 0 atom stereocenters. The normalized spacial score (nSPS) is 24.2. The van der Waals surface area contributed by atoms with Crippen LogP contribution in [0.15, 0.2) is 24.3 Å². The van der Waals surface area contributed by atoms with E-state index >= 15 is 0 Å². The van der Waals surface area contributed by atoms with Crippen LogP contribution in [0.25, 0.3) is 0 Å². The molecule has 0 aromatic heterocycles. The number of likely N-dealkylation sites (tertiary alicyclic amines) is 1. The van der Waals surface area contributed by atoms with Crippen LogP contribution >= 0.6 is 0 Å². The van der Waals surface area contributed by atoms with Crippen molar-refractivity contribution in [1.82, 2.24) is 0 Å². The summed E-state index contributed by atoms with van der Waals surface area (Å²) >= 11 is 0. The Kier molecular flexibility index (Phi) is 8.32. The summed E-state index contributed by atoms with van der Waals surface area (Å²) in [7, 11) is 2.46. The minimum atomic E-state index is 0.942. The predicted molar refractivity (Wildman–Crippen MR) is 106 cm³/mol. The fourth-order valence-electron chi connectivity index (χ4n) is 3.92. The van der Waals surface area contributed by atoms with Crippen molar-refractivity contribution in [3.05, 3.63) is 35.4 Å². The van der Waals surface area contributed by atoms with E-state index in [1.807, 2.05) is 0 Å². The molecule has 1 aromatic rings. The summed E-state index contributed by atoms with van der Waals surface area (Å²) in [5.41, 5.74) is 3.06. The highest BCUT2D eigenvalue weighted by atomic mass is 15.3. The molecule has 1 heterocycles. The highest BCUT2D eigenvalue weighted by Gasteiger charge is 2.27. The van der Waals surface area contributed by atoms with Crippen molar-refractivity contribution in [3.8, 4) is 0 Å². The van der Waals surface area contributed by atoms with Crippen molar-refractivity contribution in [1.29, 1.82) is 0 Å². The molecule has 0 amide bonds. The fraction of sp³-hybridized carbons (Fsp3) is 0.739. The SMILES string of the molecule is CCCCCCCCc1ccc(CC[N+]2(C)CCC(C)CC2)cc1. The number of rotatable bonds is 10. The second-order valence-electron chi connectivity index (χ2n) is 8.56. The molecule has 136 valence electrons. The number of unbranched alkanes of at least 4 members (excludes halogenated alkanes) is 5. The van der Waals surface area contributed by atoms with E-state index in [1.54, 1.807) is 0 Å². The van der Waals surface area contributed by atoms with E-state index in [4.69, 9.17) is 0 Å². The van der Waals surface area contributed by atoms with Gasteiger partial charge < -0.3 is 4.48 Å². The molecule has 0 bridgehead atoms. The van der Waals surface area contributed by atoms with Gasteiger partial charge in [-0.05, 0) is 42.7 Å². The van der Waals surface area contributed by atoms with Gasteiger partial charge in [0.1, 0.15) is 0 Å². The minimum absolute atomic E-state index is 0.942. The van der Waals surface area contributed by atoms with Crippen molar-refractivity contribution in [3.63, 3.8) is 0 Å². The first-order valence-corrected chi connectivity index (χ1v) is 10.5.